The second-order valence-electron chi connectivity index (χ2n) is 3.62. The van der Waals surface area contributed by atoms with Gasteiger partial charge in [0.1, 0.15) is 6.54 Å². The summed E-state index contributed by atoms with van der Waals surface area (Å²) in [7, 11) is 0. The quantitative estimate of drug-likeness (QED) is 0.475. The fourth-order valence-electron chi connectivity index (χ4n) is 2.02. The maximum atomic E-state index is 5.43. The van der Waals surface area contributed by atoms with E-state index in [9.17, 15) is 0 Å². The average molecular weight is 266 g/mol. The van der Waals surface area contributed by atoms with Crippen molar-refractivity contribution in [3.8, 4) is 0 Å². The highest BCUT2D eigenvalue weighted by Gasteiger charge is 2.44. The molecule has 1 unspecified atom stereocenters. The standard InChI is InChI=1S/C8H13INO/c9-7-10-3-1-8(5-10)2-4-11-6-8/h7H,1-6H2/q+1. The maximum Gasteiger partial charge on any atom is 0.199 e. The monoisotopic (exact) mass is 266 g/mol. The summed E-state index contributed by atoms with van der Waals surface area (Å²) in [6, 6.07) is 0. The Kier molecular flexibility index (Phi) is 2.19. The van der Waals surface area contributed by atoms with Crippen LogP contribution < -0.4 is 0 Å². The van der Waals surface area contributed by atoms with Crippen molar-refractivity contribution in [1.82, 2.24) is 0 Å². The Bertz CT molecular complexity index is 185. The van der Waals surface area contributed by atoms with Crippen LogP contribution in [0.2, 0.25) is 0 Å². The molecule has 62 valence electrons. The highest BCUT2D eigenvalue weighted by molar-refractivity contribution is 14.1. The molecule has 2 nitrogen and oxygen atoms in total. The van der Waals surface area contributed by atoms with Gasteiger partial charge in [-0.1, -0.05) is 0 Å². The number of rotatable bonds is 0. The van der Waals surface area contributed by atoms with Crippen LogP contribution >= 0.6 is 22.6 Å². The third-order valence-electron chi connectivity index (χ3n) is 2.79. The molecule has 0 aromatic carbocycles. The van der Waals surface area contributed by atoms with E-state index in [2.05, 4.69) is 31.4 Å². The Morgan fingerprint density at radius 1 is 1.45 bits per heavy atom. The van der Waals surface area contributed by atoms with Crippen molar-refractivity contribution in [3.05, 3.63) is 0 Å². The van der Waals surface area contributed by atoms with Crippen molar-refractivity contribution in [1.29, 1.82) is 0 Å². The maximum absolute atomic E-state index is 5.43. The van der Waals surface area contributed by atoms with Crippen molar-refractivity contribution in [2.75, 3.05) is 26.3 Å². The van der Waals surface area contributed by atoms with E-state index >= 15 is 0 Å². The lowest BCUT2D eigenvalue weighted by Gasteiger charge is -2.12. The van der Waals surface area contributed by atoms with Crippen molar-refractivity contribution < 1.29 is 9.31 Å². The Morgan fingerprint density at radius 2 is 2.36 bits per heavy atom. The molecule has 2 aliphatic heterocycles. The third-order valence-corrected chi connectivity index (χ3v) is 3.58. The van der Waals surface area contributed by atoms with Gasteiger partial charge in [-0.15, -0.1) is 0 Å². The average Bonchev–Trinajstić information content (AvgIpc) is 2.62. The molecule has 1 atom stereocenters. The first-order chi connectivity index (χ1) is 5.35. The van der Waals surface area contributed by atoms with Gasteiger partial charge in [0.2, 0.25) is 0 Å². The minimum atomic E-state index is 0.529. The molecule has 0 aromatic heterocycles. The van der Waals surface area contributed by atoms with Gasteiger partial charge in [-0.2, -0.15) is 0 Å². The van der Waals surface area contributed by atoms with E-state index < -0.39 is 0 Å². The highest BCUT2D eigenvalue weighted by atomic mass is 127. The second-order valence-corrected chi connectivity index (χ2v) is 4.18. The first kappa shape index (κ1) is 7.98. The number of ether oxygens (including phenoxy) is 1. The lowest BCUT2D eigenvalue weighted by Crippen LogP contribution is -2.22. The molecule has 0 amide bonds. The zero-order valence-electron chi connectivity index (χ0n) is 6.55. The van der Waals surface area contributed by atoms with E-state index in [0.717, 1.165) is 13.2 Å². The molecule has 2 fully saturated rings. The van der Waals surface area contributed by atoms with Crippen molar-refractivity contribution in [2.45, 2.75) is 12.8 Å². The molecule has 3 heteroatoms. The normalized spacial score (nSPS) is 41.0. The van der Waals surface area contributed by atoms with E-state index in [-0.39, 0.29) is 0 Å². The predicted molar refractivity (Wildman–Crippen MR) is 52.6 cm³/mol. The minimum Gasteiger partial charge on any atom is -0.381 e. The topological polar surface area (TPSA) is 12.2 Å². The summed E-state index contributed by atoms with van der Waals surface area (Å²) in [6.07, 6.45) is 2.60. The van der Waals surface area contributed by atoms with Crippen LogP contribution in [0.15, 0.2) is 0 Å². The van der Waals surface area contributed by atoms with Crippen LogP contribution in [0.25, 0.3) is 0 Å². The minimum absolute atomic E-state index is 0.529. The van der Waals surface area contributed by atoms with Crippen LogP contribution in [0.3, 0.4) is 0 Å². The molecule has 0 aliphatic carbocycles. The van der Waals surface area contributed by atoms with Crippen LogP contribution in [0.1, 0.15) is 12.8 Å². The van der Waals surface area contributed by atoms with Gasteiger partial charge in [-0.25, -0.2) is 4.58 Å². The van der Waals surface area contributed by atoms with Gasteiger partial charge in [0.25, 0.3) is 0 Å². The van der Waals surface area contributed by atoms with Crippen molar-refractivity contribution in [2.24, 2.45) is 5.41 Å². The summed E-state index contributed by atoms with van der Waals surface area (Å²) in [6.45, 7) is 4.42. The molecule has 0 N–H and O–H groups in total. The molecule has 0 bridgehead atoms. The number of hydrogen-bond acceptors (Lipinski definition) is 1. The third kappa shape index (κ3) is 1.45. The van der Waals surface area contributed by atoms with E-state index in [0.29, 0.717) is 5.41 Å². The molecule has 1 spiro atoms. The van der Waals surface area contributed by atoms with Gasteiger partial charge in [0.15, 0.2) is 10.8 Å². The zero-order chi connectivity index (χ0) is 7.73. The van der Waals surface area contributed by atoms with Crippen molar-refractivity contribution in [3.63, 3.8) is 0 Å². The summed E-state index contributed by atoms with van der Waals surface area (Å²) >= 11 is 2.32. The van der Waals surface area contributed by atoms with Gasteiger partial charge in [-0.3, -0.25) is 0 Å². The zero-order valence-corrected chi connectivity index (χ0v) is 8.71. The summed E-state index contributed by atoms with van der Waals surface area (Å²) in [4.78, 5) is 0. The molecule has 0 aromatic rings. The summed E-state index contributed by atoms with van der Waals surface area (Å²) in [5.74, 6) is 0. The lowest BCUT2D eigenvalue weighted by atomic mass is 9.87. The molecular formula is C8H13INO+. The largest absolute Gasteiger partial charge is 0.381 e. The molecule has 2 rings (SSSR count). The Balaban J connectivity index is 2.07. The first-order valence-electron chi connectivity index (χ1n) is 4.10. The van der Waals surface area contributed by atoms with Gasteiger partial charge in [0, 0.05) is 35.6 Å². The van der Waals surface area contributed by atoms with Crippen LogP contribution in [-0.4, -0.2) is 35.1 Å². The molecule has 2 heterocycles. The van der Waals surface area contributed by atoms with E-state index in [1.54, 1.807) is 0 Å². The smallest absolute Gasteiger partial charge is 0.199 e. The van der Waals surface area contributed by atoms with E-state index in [4.69, 9.17) is 4.74 Å². The summed E-state index contributed by atoms with van der Waals surface area (Å²) in [5.41, 5.74) is 0.529. The second kappa shape index (κ2) is 3.01. The molecule has 2 saturated heterocycles. The van der Waals surface area contributed by atoms with Gasteiger partial charge >= 0.3 is 0 Å². The fraction of sp³-hybridized carbons (Fsp3) is 0.875. The van der Waals surface area contributed by atoms with Crippen LogP contribution in [0.4, 0.5) is 0 Å². The van der Waals surface area contributed by atoms with Crippen LogP contribution in [0, 0.1) is 5.41 Å². The fourth-order valence-corrected chi connectivity index (χ4v) is 2.50. The summed E-state index contributed by atoms with van der Waals surface area (Å²) in [5, 5.41) is 0. The van der Waals surface area contributed by atoms with Crippen LogP contribution in [0.5, 0.6) is 0 Å². The Hall–Kier alpha value is 0.360. The van der Waals surface area contributed by atoms with Gasteiger partial charge in [0.05, 0.1) is 12.0 Å². The Morgan fingerprint density at radius 3 is 2.91 bits per heavy atom. The molecule has 0 radical (unpaired) electrons. The summed E-state index contributed by atoms with van der Waals surface area (Å²) < 4.78 is 10.0. The SMILES string of the molecule is IC=[N+]1CCC2(CCOC2)C1. The molecule has 2 aliphatic rings. The van der Waals surface area contributed by atoms with Gasteiger partial charge in [-0.05, 0) is 6.42 Å². The van der Waals surface area contributed by atoms with Crippen molar-refractivity contribution >= 4 is 26.8 Å². The lowest BCUT2D eigenvalue weighted by molar-refractivity contribution is -0.504. The Labute approximate surface area is 80.8 Å². The highest BCUT2D eigenvalue weighted by Crippen LogP contribution is 2.36. The van der Waals surface area contributed by atoms with E-state index in [1.807, 2.05) is 0 Å². The van der Waals surface area contributed by atoms with Crippen LogP contribution in [-0.2, 0) is 4.74 Å². The molecule has 0 saturated carbocycles. The van der Waals surface area contributed by atoms with E-state index in [1.165, 1.54) is 25.9 Å². The molecule has 11 heavy (non-hydrogen) atoms. The first-order valence-corrected chi connectivity index (χ1v) is 5.35. The number of nitrogens with zero attached hydrogens (tertiary/aromatic N) is 1. The number of halogens is 1. The predicted octanol–water partition coefficient (Wildman–Crippen LogP) is 1.27. The molecular weight excluding hydrogens is 253 g/mol. The number of hydrogen-bond donors (Lipinski definition) is 0. The van der Waals surface area contributed by atoms with Gasteiger partial charge < -0.3 is 4.74 Å².